The standard InChI is InChI=1S/C33H30ClNO4/c34-31-22-27(35(37)38)19-20-29(31)30(21-23-9-3-1-4-10-23)33(36)39-32-14-8-7-13-28(32)26-17-15-25(16-18-26)24-11-5-2-6-12-24/h1-6,9-12,15-20,22,28,30,32H,7-8,13-14,21H2/t28-,30-,32+/m0/s1. The monoisotopic (exact) mass is 539 g/mol. The number of ether oxygens (including phenoxy) is 1. The summed E-state index contributed by atoms with van der Waals surface area (Å²) in [6, 6.07) is 32.8. The van der Waals surface area contributed by atoms with Crippen molar-refractivity contribution >= 4 is 23.3 Å². The number of rotatable bonds is 8. The molecule has 0 saturated heterocycles. The van der Waals surface area contributed by atoms with Crippen LogP contribution in [0.4, 0.5) is 5.69 Å². The van der Waals surface area contributed by atoms with Gasteiger partial charge >= 0.3 is 5.97 Å². The summed E-state index contributed by atoms with van der Waals surface area (Å²) >= 11 is 6.50. The van der Waals surface area contributed by atoms with Crippen LogP contribution in [0.1, 0.15) is 54.2 Å². The topological polar surface area (TPSA) is 69.4 Å². The van der Waals surface area contributed by atoms with E-state index in [1.54, 1.807) is 6.07 Å². The van der Waals surface area contributed by atoms with E-state index in [2.05, 4.69) is 36.4 Å². The van der Waals surface area contributed by atoms with E-state index in [1.165, 1.54) is 23.3 Å². The fraction of sp³-hybridized carbons (Fsp3) is 0.242. The number of benzene rings is 4. The normalized spacial score (nSPS) is 17.8. The molecule has 0 aliphatic heterocycles. The molecule has 6 heteroatoms. The van der Waals surface area contributed by atoms with E-state index in [0.29, 0.717) is 12.0 Å². The summed E-state index contributed by atoms with van der Waals surface area (Å²) in [5, 5.41) is 11.4. The van der Waals surface area contributed by atoms with E-state index in [9.17, 15) is 14.9 Å². The van der Waals surface area contributed by atoms with Gasteiger partial charge in [0, 0.05) is 18.1 Å². The molecule has 3 atom stereocenters. The second-order valence-electron chi connectivity index (χ2n) is 10.1. The first-order chi connectivity index (χ1) is 19.0. The minimum absolute atomic E-state index is 0.109. The van der Waals surface area contributed by atoms with Gasteiger partial charge in [0.2, 0.25) is 0 Å². The predicted octanol–water partition coefficient (Wildman–Crippen LogP) is 8.51. The molecule has 1 aliphatic rings. The van der Waals surface area contributed by atoms with Gasteiger partial charge in [-0.15, -0.1) is 0 Å². The van der Waals surface area contributed by atoms with Crippen LogP contribution in [0.25, 0.3) is 11.1 Å². The Labute approximate surface area is 233 Å². The molecule has 0 unspecified atom stereocenters. The molecule has 1 saturated carbocycles. The van der Waals surface area contributed by atoms with Crippen molar-refractivity contribution in [1.82, 2.24) is 0 Å². The molecular weight excluding hydrogens is 510 g/mol. The minimum atomic E-state index is -0.677. The van der Waals surface area contributed by atoms with Gasteiger partial charge in [0.15, 0.2) is 0 Å². The maximum absolute atomic E-state index is 13.8. The lowest BCUT2D eigenvalue weighted by molar-refractivity contribution is -0.384. The smallest absolute Gasteiger partial charge is 0.314 e. The van der Waals surface area contributed by atoms with Crippen molar-refractivity contribution in [2.75, 3.05) is 0 Å². The highest BCUT2D eigenvalue weighted by Gasteiger charge is 2.33. The number of nitro benzene ring substituents is 1. The number of esters is 1. The van der Waals surface area contributed by atoms with Crippen LogP contribution in [0.3, 0.4) is 0 Å². The molecule has 5 nitrogen and oxygen atoms in total. The van der Waals surface area contributed by atoms with Gasteiger partial charge in [-0.1, -0.05) is 103 Å². The molecule has 0 heterocycles. The average molecular weight is 540 g/mol. The molecule has 1 fully saturated rings. The lowest BCUT2D eigenvalue weighted by Crippen LogP contribution is -2.31. The lowest BCUT2D eigenvalue weighted by Gasteiger charge is -2.33. The Morgan fingerprint density at radius 1 is 0.872 bits per heavy atom. The molecule has 0 amide bonds. The van der Waals surface area contributed by atoms with Crippen molar-refractivity contribution in [2.45, 2.75) is 50.0 Å². The van der Waals surface area contributed by atoms with Gasteiger partial charge in [-0.2, -0.15) is 0 Å². The van der Waals surface area contributed by atoms with Gasteiger partial charge < -0.3 is 4.74 Å². The summed E-state index contributed by atoms with van der Waals surface area (Å²) in [7, 11) is 0. The summed E-state index contributed by atoms with van der Waals surface area (Å²) in [5.41, 5.74) is 4.88. The summed E-state index contributed by atoms with van der Waals surface area (Å²) in [4.78, 5) is 24.5. The van der Waals surface area contributed by atoms with Crippen molar-refractivity contribution in [2.24, 2.45) is 0 Å². The number of nitrogens with zero attached hydrogens (tertiary/aromatic N) is 1. The SMILES string of the molecule is O=C(O[C@@H]1CCCC[C@H]1c1ccc(-c2ccccc2)cc1)[C@@H](Cc1ccccc1)c1ccc([N+](=O)[O-])cc1Cl. The Hall–Kier alpha value is -3.96. The van der Waals surface area contributed by atoms with Crippen LogP contribution in [0.15, 0.2) is 103 Å². The van der Waals surface area contributed by atoms with E-state index in [4.69, 9.17) is 16.3 Å². The van der Waals surface area contributed by atoms with Gasteiger partial charge in [0.05, 0.1) is 15.9 Å². The third kappa shape index (κ3) is 6.37. The highest BCUT2D eigenvalue weighted by atomic mass is 35.5. The van der Waals surface area contributed by atoms with Gasteiger partial charge in [-0.3, -0.25) is 14.9 Å². The van der Waals surface area contributed by atoms with E-state index < -0.39 is 10.8 Å². The molecule has 1 aliphatic carbocycles. The largest absolute Gasteiger partial charge is 0.461 e. The summed E-state index contributed by atoms with van der Waals surface area (Å²) in [5.74, 6) is -0.923. The number of hydrogen-bond donors (Lipinski definition) is 0. The maximum atomic E-state index is 13.8. The van der Waals surface area contributed by atoms with Crippen molar-refractivity contribution in [1.29, 1.82) is 0 Å². The van der Waals surface area contributed by atoms with Gasteiger partial charge in [-0.25, -0.2) is 0 Å². The number of halogens is 1. The molecule has 4 aromatic rings. The highest BCUT2D eigenvalue weighted by molar-refractivity contribution is 6.31. The van der Waals surface area contributed by atoms with Gasteiger partial charge in [0.1, 0.15) is 6.10 Å². The molecule has 39 heavy (non-hydrogen) atoms. The molecule has 0 spiro atoms. The molecular formula is C33H30ClNO4. The molecule has 198 valence electrons. The summed E-state index contributed by atoms with van der Waals surface area (Å²) in [6.45, 7) is 0. The van der Waals surface area contributed by atoms with Crippen LogP contribution >= 0.6 is 11.6 Å². The molecule has 0 N–H and O–H groups in total. The Balaban J connectivity index is 1.39. The number of non-ortho nitro benzene ring substituents is 1. The fourth-order valence-corrected chi connectivity index (χ4v) is 5.79. The van der Waals surface area contributed by atoms with Crippen LogP contribution < -0.4 is 0 Å². The van der Waals surface area contributed by atoms with Crippen LogP contribution in [-0.4, -0.2) is 17.0 Å². The third-order valence-corrected chi connectivity index (χ3v) is 7.88. The first-order valence-corrected chi connectivity index (χ1v) is 13.7. The van der Waals surface area contributed by atoms with Crippen LogP contribution in [-0.2, 0) is 16.0 Å². The van der Waals surface area contributed by atoms with Crippen molar-refractivity contribution in [3.05, 3.63) is 135 Å². The highest BCUT2D eigenvalue weighted by Crippen LogP contribution is 2.38. The third-order valence-electron chi connectivity index (χ3n) is 7.55. The zero-order valence-corrected chi connectivity index (χ0v) is 22.3. The van der Waals surface area contributed by atoms with E-state index in [0.717, 1.165) is 36.8 Å². The van der Waals surface area contributed by atoms with Crippen LogP contribution in [0.5, 0.6) is 0 Å². The Kier molecular flexibility index (Phi) is 8.38. The number of hydrogen-bond acceptors (Lipinski definition) is 4. The number of carbonyl (C=O) groups is 1. The van der Waals surface area contributed by atoms with E-state index >= 15 is 0 Å². The Bertz CT molecular complexity index is 1420. The van der Waals surface area contributed by atoms with Crippen molar-refractivity contribution < 1.29 is 14.5 Å². The first kappa shape index (κ1) is 26.6. The van der Waals surface area contributed by atoms with Gasteiger partial charge in [0.25, 0.3) is 5.69 Å². The average Bonchev–Trinajstić information content (AvgIpc) is 2.97. The Morgan fingerprint density at radius 2 is 1.51 bits per heavy atom. The second kappa shape index (κ2) is 12.3. The second-order valence-corrected chi connectivity index (χ2v) is 10.5. The van der Waals surface area contributed by atoms with Crippen molar-refractivity contribution in [3.63, 3.8) is 0 Å². The zero-order chi connectivity index (χ0) is 27.2. The number of carbonyl (C=O) groups excluding carboxylic acids is 1. The first-order valence-electron chi connectivity index (χ1n) is 13.3. The van der Waals surface area contributed by atoms with E-state index in [-0.39, 0.29) is 28.7 Å². The molecule has 4 aromatic carbocycles. The molecule has 5 rings (SSSR count). The maximum Gasteiger partial charge on any atom is 0.314 e. The molecule has 0 aromatic heterocycles. The quantitative estimate of drug-likeness (QED) is 0.128. The minimum Gasteiger partial charge on any atom is -0.461 e. The van der Waals surface area contributed by atoms with E-state index in [1.807, 2.05) is 48.5 Å². The van der Waals surface area contributed by atoms with Crippen LogP contribution in [0, 0.1) is 10.1 Å². The lowest BCUT2D eigenvalue weighted by atomic mass is 9.81. The predicted molar refractivity (Wildman–Crippen MR) is 154 cm³/mol. The Morgan fingerprint density at radius 3 is 2.18 bits per heavy atom. The van der Waals surface area contributed by atoms with Crippen LogP contribution in [0.2, 0.25) is 5.02 Å². The molecule has 0 bridgehead atoms. The summed E-state index contributed by atoms with van der Waals surface area (Å²) in [6.07, 6.45) is 3.97. The number of nitro groups is 1. The van der Waals surface area contributed by atoms with Gasteiger partial charge in [-0.05, 0) is 59.6 Å². The molecule has 0 radical (unpaired) electrons. The fourth-order valence-electron chi connectivity index (χ4n) is 5.49. The zero-order valence-electron chi connectivity index (χ0n) is 21.5. The summed E-state index contributed by atoms with van der Waals surface area (Å²) < 4.78 is 6.26. The van der Waals surface area contributed by atoms with Crippen molar-refractivity contribution in [3.8, 4) is 11.1 Å².